The zero-order valence-corrected chi connectivity index (χ0v) is 14.4. The van der Waals surface area contributed by atoms with Crippen LogP contribution in [0.4, 0.5) is 5.13 Å². The minimum Gasteiger partial charge on any atom is -0.494 e. The van der Waals surface area contributed by atoms with Gasteiger partial charge in [-0.25, -0.2) is 4.98 Å². The third kappa shape index (κ3) is 4.12. The van der Waals surface area contributed by atoms with Gasteiger partial charge in [0.15, 0.2) is 5.13 Å². The fourth-order valence-corrected chi connectivity index (χ4v) is 3.25. The summed E-state index contributed by atoms with van der Waals surface area (Å²) in [5, 5.41) is 3.44. The van der Waals surface area contributed by atoms with Crippen molar-refractivity contribution in [3.8, 4) is 5.75 Å². The minimum atomic E-state index is -0.104. The van der Waals surface area contributed by atoms with Crippen molar-refractivity contribution < 1.29 is 13.9 Å². The highest BCUT2D eigenvalue weighted by Gasteiger charge is 2.12. The molecular formula is C17H19N3O3S. The highest BCUT2D eigenvalue weighted by atomic mass is 32.1. The van der Waals surface area contributed by atoms with Crippen molar-refractivity contribution in [2.45, 2.75) is 13.5 Å². The van der Waals surface area contributed by atoms with Crippen LogP contribution in [0.1, 0.15) is 12.7 Å². The molecule has 24 heavy (non-hydrogen) atoms. The lowest BCUT2D eigenvalue weighted by molar-refractivity contribution is -0.117. The number of rotatable bonds is 7. The second-order valence-corrected chi connectivity index (χ2v) is 6.41. The summed E-state index contributed by atoms with van der Waals surface area (Å²) in [6.45, 7) is 3.41. The maximum absolute atomic E-state index is 12.2. The van der Waals surface area contributed by atoms with E-state index in [1.54, 1.807) is 6.26 Å². The number of ether oxygens (including phenoxy) is 1. The quantitative estimate of drug-likeness (QED) is 0.711. The largest absolute Gasteiger partial charge is 0.494 e. The molecule has 1 N–H and O–H groups in total. The molecule has 0 unspecified atom stereocenters. The van der Waals surface area contributed by atoms with Crippen LogP contribution in [0, 0.1) is 0 Å². The number of hydrogen-bond donors (Lipinski definition) is 1. The molecule has 126 valence electrons. The molecule has 0 bridgehead atoms. The van der Waals surface area contributed by atoms with Crippen LogP contribution in [-0.4, -0.2) is 36.0 Å². The van der Waals surface area contributed by atoms with Crippen LogP contribution in [0.25, 0.3) is 10.2 Å². The first kappa shape index (κ1) is 16.5. The molecule has 0 saturated heterocycles. The number of hydrogen-bond acceptors (Lipinski definition) is 6. The Morgan fingerprint density at radius 1 is 1.42 bits per heavy atom. The van der Waals surface area contributed by atoms with Gasteiger partial charge in [0, 0.05) is 0 Å². The summed E-state index contributed by atoms with van der Waals surface area (Å²) in [5.74, 6) is 1.53. The number of nitrogens with one attached hydrogen (secondary N) is 1. The van der Waals surface area contributed by atoms with Crippen LogP contribution in [0.2, 0.25) is 0 Å². The van der Waals surface area contributed by atoms with Gasteiger partial charge in [-0.15, -0.1) is 0 Å². The summed E-state index contributed by atoms with van der Waals surface area (Å²) >= 11 is 1.44. The van der Waals surface area contributed by atoms with Crippen molar-refractivity contribution in [1.82, 2.24) is 9.88 Å². The Bertz CT molecular complexity index is 814. The molecule has 3 rings (SSSR count). The first-order valence-electron chi connectivity index (χ1n) is 7.68. The van der Waals surface area contributed by atoms with Gasteiger partial charge in [0.05, 0.1) is 36.2 Å². The van der Waals surface area contributed by atoms with Gasteiger partial charge < -0.3 is 14.5 Å². The van der Waals surface area contributed by atoms with Crippen LogP contribution in [-0.2, 0) is 11.3 Å². The predicted octanol–water partition coefficient (Wildman–Crippen LogP) is 3.36. The van der Waals surface area contributed by atoms with Gasteiger partial charge in [-0.3, -0.25) is 9.69 Å². The number of fused-ring (bicyclic) bond motifs is 1. The summed E-state index contributed by atoms with van der Waals surface area (Å²) in [5.41, 5.74) is 0.850. The Balaban J connectivity index is 1.60. The zero-order chi connectivity index (χ0) is 16.9. The molecule has 2 aromatic heterocycles. The molecule has 0 spiro atoms. The first-order chi connectivity index (χ1) is 11.6. The molecule has 2 heterocycles. The fraction of sp³-hybridized carbons (Fsp3) is 0.294. The summed E-state index contributed by atoms with van der Waals surface area (Å²) < 4.78 is 11.7. The number of carbonyl (C=O) groups excluding carboxylic acids is 1. The number of nitrogens with zero attached hydrogens (tertiary/aromatic N) is 2. The topological polar surface area (TPSA) is 67.6 Å². The molecule has 0 aliphatic carbocycles. The molecule has 0 fully saturated rings. The summed E-state index contributed by atoms with van der Waals surface area (Å²) in [4.78, 5) is 18.5. The van der Waals surface area contributed by atoms with Gasteiger partial charge >= 0.3 is 0 Å². The van der Waals surface area contributed by atoms with Gasteiger partial charge in [-0.1, -0.05) is 11.3 Å². The molecule has 0 aliphatic rings. The Morgan fingerprint density at radius 2 is 2.29 bits per heavy atom. The lowest BCUT2D eigenvalue weighted by Gasteiger charge is -2.13. The van der Waals surface area contributed by atoms with Crippen molar-refractivity contribution >= 4 is 32.6 Å². The highest BCUT2D eigenvalue weighted by molar-refractivity contribution is 7.22. The van der Waals surface area contributed by atoms with E-state index in [0.717, 1.165) is 21.7 Å². The molecule has 1 aromatic carbocycles. The summed E-state index contributed by atoms with van der Waals surface area (Å²) in [6, 6.07) is 9.44. The standard InChI is InChI=1S/C17H19N3O3S/c1-3-22-12-6-7-14-15(9-12)24-17(18-14)19-16(21)11-20(2)10-13-5-4-8-23-13/h4-9H,3,10-11H2,1-2H3,(H,18,19,21). The molecule has 0 radical (unpaired) electrons. The van der Waals surface area contributed by atoms with Crippen molar-refractivity contribution in [3.63, 3.8) is 0 Å². The Hall–Kier alpha value is -2.38. The zero-order valence-electron chi connectivity index (χ0n) is 13.6. The maximum Gasteiger partial charge on any atom is 0.240 e. The monoisotopic (exact) mass is 345 g/mol. The number of amides is 1. The number of aromatic nitrogens is 1. The molecular weight excluding hydrogens is 326 g/mol. The lowest BCUT2D eigenvalue weighted by atomic mass is 10.3. The van der Waals surface area contributed by atoms with Crippen molar-refractivity contribution in [3.05, 3.63) is 42.4 Å². The Labute approximate surface area is 144 Å². The van der Waals surface area contributed by atoms with E-state index >= 15 is 0 Å². The van der Waals surface area contributed by atoms with Gasteiger partial charge in [-0.05, 0) is 44.3 Å². The van der Waals surface area contributed by atoms with E-state index in [9.17, 15) is 4.79 Å². The molecule has 3 aromatic rings. The molecule has 0 aliphatic heterocycles. The third-order valence-corrected chi connectivity index (χ3v) is 4.27. The molecule has 0 atom stereocenters. The summed E-state index contributed by atoms with van der Waals surface area (Å²) in [6.07, 6.45) is 1.63. The van der Waals surface area contributed by atoms with E-state index in [2.05, 4.69) is 10.3 Å². The van der Waals surface area contributed by atoms with Gasteiger partial charge in [0.25, 0.3) is 0 Å². The van der Waals surface area contributed by atoms with Crippen molar-refractivity contribution in [2.75, 3.05) is 25.5 Å². The highest BCUT2D eigenvalue weighted by Crippen LogP contribution is 2.29. The van der Waals surface area contributed by atoms with Crippen LogP contribution >= 0.6 is 11.3 Å². The number of carbonyl (C=O) groups is 1. The number of anilines is 1. The number of likely N-dealkylation sites (N-methyl/N-ethyl adjacent to an activating group) is 1. The fourth-order valence-electron chi connectivity index (χ4n) is 2.34. The van der Waals surface area contributed by atoms with Crippen molar-refractivity contribution in [2.24, 2.45) is 0 Å². The second kappa shape index (κ2) is 7.46. The average Bonchev–Trinajstić information content (AvgIpc) is 3.15. The number of benzene rings is 1. The van der Waals surface area contributed by atoms with E-state index in [0.29, 0.717) is 18.3 Å². The Morgan fingerprint density at radius 3 is 3.04 bits per heavy atom. The SMILES string of the molecule is CCOc1ccc2nc(NC(=O)CN(C)Cc3ccco3)sc2c1. The smallest absolute Gasteiger partial charge is 0.240 e. The van der Waals surface area contributed by atoms with Crippen molar-refractivity contribution in [1.29, 1.82) is 0 Å². The van der Waals surface area contributed by atoms with Gasteiger partial charge in [-0.2, -0.15) is 0 Å². The van der Waals surface area contributed by atoms with E-state index in [-0.39, 0.29) is 12.5 Å². The lowest BCUT2D eigenvalue weighted by Crippen LogP contribution is -2.29. The van der Waals surface area contributed by atoms with E-state index in [4.69, 9.17) is 9.15 Å². The number of furan rings is 1. The van der Waals surface area contributed by atoms with E-state index < -0.39 is 0 Å². The number of thiazole rings is 1. The molecule has 1 amide bonds. The normalized spacial score (nSPS) is 11.1. The van der Waals surface area contributed by atoms with Crippen LogP contribution < -0.4 is 10.1 Å². The van der Waals surface area contributed by atoms with Crippen LogP contribution in [0.15, 0.2) is 41.0 Å². The second-order valence-electron chi connectivity index (χ2n) is 5.38. The van der Waals surface area contributed by atoms with Crippen LogP contribution in [0.5, 0.6) is 5.75 Å². The van der Waals surface area contributed by atoms with Gasteiger partial charge in [0.2, 0.25) is 5.91 Å². The summed E-state index contributed by atoms with van der Waals surface area (Å²) in [7, 11) is 1.87. The molecule has 7 heteroatoms. The molecule has 6 nitrogen and oxygen atoms in total. The van der Waals surface area contributed by atoms with E-state index in [1.165, 1.54) is 11.3 Å². The van der Waals surface area contributed by atoms with Crippen LogP contribution in [0.3, 0.4) is 0 Å². The van der Waals surface area contributed by atoms with Gasteiger partial charge in [0.1, 0.15) is 11.5 Å². The average molecular weight is 345 g/mol. The third-order valence-electron chi connectivity index (χ3n) is 3.34. The predicted molar refractivity (Wildman–Crippen MR) is 94.5 cm³/mol. The maximum atomic E-state index is 12.2. The van der Waals surface area contributed by atoms with E-state index in [1.807, 2.05) is 49.2 Å². The minimum absolute atomic E-state index is 0.104. The first-order valence-corrected chi connectivity index (χ1v) is 8.50. The Kier molecular flexibility index (Phi) is 5.12. The molecule has 0 saturated carbocycles.